The first-order valence-corrected chi connectivity index (χ1v) is 11.3. The van der Waals surface area contributed by atoms with Crippen LogP contribution in [0.15, 0.2) is 82.0 Å². The van der Waals surface area contributed by atoms with Gasteiger partial charge in [-0.3, -0.25) is 14.4 Å². The molecule has 35 heavy (non-hydrogen) atoms. The standard InChI is InChI=1S/C28H26N2O5/c1-4-23(28(33)30-21-15-13-20(14-16-21)29-18(3)31)34-27-25(32)22-7-5-6-8-24(22)35-26(27)19-11-9-17(2)10-12-19/h5-16,23H,4H2,1-3H3,(H,29,31)(H,30,33). The van der Waals surface area contributed by atoms with Gasteiger partial charge in [-0.2, -0.15) is 0 Å². The average molecular weight is 471 g/mol. The summed E-state index contributed by atoms with van der Waals surface area (Å²) < 4.78 is 12.2. The molecule has 7 nitrogen and oxygen atoms in total. The van der Waals surface area contributed by atoms with Gasteiger partial charge in [-0.05, 0) is 49.7 Å². The number of rotatable bonds is 7. The van der Waals surface area contributed by atoms with Gasteiger partial charge >= 0.3 is 0 Å². The third-order valence-electron chi connectivity index (χ3n) is 5.47. The fourth-order valence-electron chi connectivity index (χ4n) is 3.65. The molecule has 0 spiro atoms. The summed E-state index contributed by atoms with van der Waals surface area (Å²) in [4.78, 5) is 37.6. The molecule has 0 saturated carbocycles. The van der Waals surface area contributed by atoms with E-state index >= 15 is 0 Å². The molecule has 1 heterocycles. The maximum Gasteiger partial charge on any atom is 0.265 e. The Labute approximate surface area is 202 Å². The van der Waals surface area contributed by atoms with Gasteiger partial charge in [0.25, 0.3) is 5.91 Å². The molecule has 2 amide bonds. The van der Waals surface area contributed by atoms with Crippen molar-refractivity contribution in [1.82, 2.24) is 0 Å². The third-order valence-corrected chi connectivity index (χ3v) is 5.47. The lowest BCUT2D eigenvalue weighted by Gasteiger charge is -2.19. The van der Waals surface area contributed by atoms with E-state index in [1.807, 2.05) is 31.2 Å². The highest BCUT2D eigenvalue weighted by molar-refractivity contribution is 5.95. The summed E-state index contributed by atoms with van der Waals surface area (Å²) in [5.41, 5.74) is 3.00. The molecule has 0 bridgehead atoms. The predicted octanol–water partition coefficient (Wildman–Crippen LogP) is 5.52. The molecule has 0 aliphatic carbocycles. The molecule has 0 aliphatic rings. The van der Waals surface area contributed by atoms with Crippen molar-refractivity contribution in [3.05, 3.63) is 88.6 Å². The lowest BCUT2D eigenvalue weighted by atomic mass is 10.1. The van der Waals surface area contributed by atoms with Gasteiger partial charge in [-0.25, -0.2) is 0 Å². The van der Waals surface area contributed by atoms with Gasteiger partial charge in [-0.15, -0.1) is 0 Å². The number of hydrogen-bond acceptors (Lipinski definition) is 5. The van der Waals surface area contributed by atoms with Crippen LogP contribution < -0.4 is 20.8 Å². The van der Waals surface area contributed by atoms with Crippen molar-refractivity contribution in [2.24, 2.45) is 0 Å². The molecule has 2 N–H and O–H groups in total. The fraction of sp³-hybridized carbons (Fsp3) is 0.179. The topological polar surface area (TPSA) is 97.6 Å². The number of carbonyl (C=O) groups is 2. The van der Waals surface area contributed by atoms with E-state index in [2.05, 4.69) is 10.6 Å². The number of nitrogens with one attached hydrogen (secondary N) is 2. The van der Waals surface area contributed by atoms with E-state index in [1.54, 1.807) is 55.5 Å². The van der Waals surface area contributed by atoms with Crippen LogP contribution in [0.3, 0.4) is 0 Å². The molecule has 1 atom stereocenters. The Kier molecular flexibility index (Phi) is 6.96. The summed E-state index contributed by atoms with van der Waals surface area (Å²) in [5, 5.41) is 5.86. The second-order valence-corrected chi connectivity index (χ2v) is 8.21. The molecule has 4 aromatic rings. The quantitative estimate of drug-likeness (QED) is 0.370. The lowest BCUT2D eigenvalue weighted by molar-refractivity contribution is -0.122. The maximum absolute atomic E-state index is 13.4. The first-order valence-electron chi connectivity index (χ1n) is 11.3. The number of amides is 2. The van der Waals surface area contributed by atoms with Crippen LogP contribution in [0.25, 0.3) is 22.3 Å². The van der Waals surface area contributed by atoms with Gasteiger partial charge in [0.2, 0.25) is 17.1 Å². The van der Waals surface area contributed by atoms with Gasteiger partial charge in [0.1, 0.15) is 5.58 Å². The lowest BCUT2D eigenvalue weighted by Crippen LogP contribution is -2.34. The summed E-state index contributed by atoms with van der Waals surface area (Å²) in [7, 11) is 0. The molecule has 0 saturated heterocycles. The van der Waals surface area contributed by atoms with Gasteiger partial charge in [0, 0.05) is 23.9 Å². The predicted molar refractivity (Wildman–Crippen MR) is 137 cm³/mol. The molecule has 0 aliphatic heterocycles. The van der Waals surface area contributed by atoms with E-state index in [-0.39, 0.29) is 22.8 Å². The molecular weight excluding hydrogens is 444 g/mol. The molecule has 0 fully saturated rings. The zero-order valence-corrected chi connectivity index (χ0v) is 19.8. The number of anilines is 2. The monoisotopic (exact) mass is 470 g/mol. The number of fused-ring (bicyclic) bond motifs is 1. The highest BCUT2D eigenvalue weighted by atomic mass is 16.5. The van der Waals surface area contributed by atoms with Crippen LogP contribution in [0.2, 0.25) is 0 Å². The number of para-hydroxylation sites is 1. The molecule has 7 heteroatoms. The number of aryl methyl sites for hydroxylation is 1. The highest BCUT2D eigenvalue weighted by Gasteiger charge is 2.25. The van der Waals surface area contributed by atoms with Crippen molar-refractivity contribution in [3.8, 4) is 17.1 Å². The van der Waals surface area contributed by atoms with Crippen LogP contribution in [0.5, 0.6) is 5.75 Å². The Morgan fingerprint density at radius 1 is 0.914 bits per heavy atom. The van der Waals surface area contributed by atoms with Crippen molar-refractivity contribution >= 4 is 34.2 Å². The van der Waals surface area contributed by atoms with Crippen molar-refractivity contribution < 1.29 is 18.7 Å². The number of benzene rings is 3. The van der Waals surface area contributed by atoms with Gasteiger partial charge in [0.05, 0.1) is 5.39 Å². The third kappa shape index (κ3) is 5.41. The largest absolute Gasteiger partial charge is 0.473 e. The van der Waals surface area contributed by atoms with Crippen LogP contribution in [-0.4, -0.2) is 17.9 Å². The molecule has 0 radical (unpaired) electrons. The van der Waals surface area contributed by atoms with E-state index in [4.69, 9.17) is 9.15 Å². The minimum absolute atomic E-state index is 0.00411. The van der Waals surface area contributed by atoms with Crippen molar-refractivity contribution in [3.63, 3.8) is 0 Å². The second-order valence-electron chi connectivity index (χ2n) is 8.21. The highest BCUT2D eigenvalue weighted by Crippen LogP contribution is 2.32. The Morgan fingerprint density at radius 3 is 2.17 bits per heavy atom. The molecule has 4 rings (SSSR count). The normalized spacial score (nSPS) is 11.6. The van der Waals surface area contributed by atoms with Crippen LogP contribution in [0.4, 0.5) is 11.4 Å². The summed E-state index contributed by atoms with van der Waals surface area (Å²) in [6.07, 6.45) is -0.603. The summed E-state index contributed by atoms with van der Waals surface area (Å²) in [5.74, 6) is -0.308. The zero-order valence-electron chi connectivity index (χ0n) is 19.8. The minimum atomic E-state index is -0.932. The van der Waals surface area contributed by atoms with E-state index in [9.17, 15) is 14.4 Å². The first kappa shape index (κ1) is 23.8. The van der Waals surface area contributed by atoms with Gasteiger partial charge in [-0.1, -0.05) is 48.9 Å². The summed E-state index contributed by atoms with van der Waals surface area (Å²) in [6.45, 7) is 5.20. The number of hydrogen-bond donors (Lipinski definition) is 2. The van der Waals surface area contributed by atoms with Crippen molar-refractivity contribution in [2.45, 2.75) is 33.3 Å². The van der Waals surface area contributed by atoms with E-state index in [0.29, 0.717) is 34.3 Å². The first-order chi connectivity index (χ1) is 16.9. The Hall–Kier alpha value is -4.39. The minimum Gasteiger partial charge on any atom is -0.473 e. The van der Waals surface area contributed by atoms with Gasteiger partial charge < -0.3 is 19.8 Å². The fourth-order valence-corrected chi connectivity index (χ4v) is 3.65. The zero-order chi connectivity index (χ0) is 24.9. The SMILES string of the molecule is CCC(Oc1c(-c2ccc(C)cc2)oc2ccccc2c1=O)C(=O)Nc1ccc(NC(C)=O)cc1. The maximum atomic E-state index is 13.4. The van der Waals surface area contributed by atoms with Crippen molar-refractivity contribution in [2.75, 3.05) is 10.6 Å². The Bertz CT molecular complexity index is 1420. The van der Waals surface area contributed by atoms with Crippen molar-refractivity contribution in [1.29, 1.82) is 0 Å². The molecular formula is C28H26N2O5. The smallest absolute Gasteiger partial charge is 0.265 e. The average Bonchev–Trinajstić information content (AvgIpc) is 2.85. The van der Waals surface area contributed by atoms with E-state index in [1.165, 1.54) is 6.92 Å². The number of ether oxygens (including phenoxy) is 1. The van der Waals surface area contributed by atoms with Crippen LogP contribution >= 0.6 is 0 Å². The van der Waals surface area contributed by atoms with Crippen LogP contribution in [0, 0.1) is 6.92 Å². The van der Waals surface area contributed by atoms with E-state index in [0.717, 1.165) is 5.56 Å². The van der Waals surface area contributed by atoms with E-state index < -0.39 is 12.0 Å². The number of carbonyl (C=O) groups excluding carboxylic acids is 2. The van der Waals surface area contributed by atoms with Crippen LogP contribution in [0.1, 0.15) is 25.8 Å². The molecule has 178 valence electrons. The summed E-state index contributed by atoms with van der Waals surface area (Å²) in [6, 6.07) is 21.2. The molecule has 1 unspecified atom stereocenters. The molecule has 1 aromatic heterocycles. The van der Waals surface area contributed by atoms with Gasteiger partial charge in [0.15, 0.2) is 11.9 Å². The second kappa shape index (κ2) is 10.3. The summed E-state index contributed by atoms with van der Waals surface area (Å²) >= 11 is 0. The Balaban J connectivity index is 1.66. The van der Waals surface area contributed by atoms with Crippen LogP contribution in [-0.2, 0) is 9.59 Å². The Morgan fingerprint density at radius 2 is 1.54 bits per heavy atom. The molecule has 3 aromatic carbocycles.